The summed E-state index contributed by atoms with van der Waals surface area (Å²) in [7, 11) is -3.50. The highest BCUT2D eigenvalue weighted by atomic mass is 32.2. The lowest BCUT2D eigenvalue weighted by Crippen LogP contribution is -2.30. The first-order valence-electron chi connectivity index (χ1n) is 7.09. The summed E-state index contributed by atoms with van der Waals surface area (Å²) in [6, 6.07) is 0. The molecule has 3 rings (SSSR count). The van der Waals surface area contributed by atoms with Crippen molar-refractivity contribution < 1.29 is 8.42 Å². The van der Waals surface area contributed by atoms with Crippen molar-refractivity contribution in [3.63, 3.8) is 0 Å². The molecular weight excluding hydrogens is 276 g/mol. The van der Waals surface area contributed by atoms with E-state index in [2.05, 4.69) is 15.0 Å². The van der Waals surface area contributed by atoms with Gasteiger partial charge in [0.25, 0.3) is 10.0 Å². The number of sulfonamides is 1. The second kappa shape index (κ2) is 5.67. The number of hydrogen-bond donors (Lipinski definition) is 2. The number of hydrogen-bond acceptors (Lipinski definition) is 4. The molecular formula is C13H20N4O2S. The van der Waals surface area contributed by atoms with E-state index in [0.717, 1.165) is 56.7 Å². The molecule has 0 aliphatic carbocycles. The second-order valence-corrected chi connectivity index (χ2v) is 7.00. The zero-order valence-corrected chi connectivity index (χ0v) is 12.2. The fraction of sp³-hybridized carbons (Fsp3) is 0.615. The molecule has 0 saturated heterocycles. The minimum absolute atomic E-state index is 0.156. The summed E-state index contributed by atoms with van der Waals surface area (Å²) in [6.07, 6.45) is 7.65. The molecule has 2 aliphatic rings. The zero-order chi connectivity index (χ0) is 14.0. The Morgan fingerprint density at radius 2 is 2.25 bits per heavy atom. The third-order valence-electron chi connectivity index (χ3n) is 3.81. The summed E-state index contributed by atoms with van der Waals surface area (Å²) in [6.45, 7) is 2.98. The Morgan fingerprint density at radius 1 is 1.35 bits per heavy atom. The molecule has 0 atom stereocenters. The van der Waals surface area contributed by atoms with Crippen LogP contribution in [0.3, 0.4) is 0 Å². The minimum Gasteiger partial charge on any atom is -0.333 e. The van der Waals surface area contributed by atoms with E-state index in [-0.39, 0.29) is 5.03 Å². The molecule has 0 bridgehead atoms. The monoisotopic (exact) mass is 296 g/mol. The first-order chi connectivity index (χ1) is 9.65. The van der Waals surface area contributed by atoms with Crippen molar-refractivity contribution in [2.75, 3.05) is 19.6 Å². The lowest BCUT2D eigenvalue weighted by atomic mass is 10.1. The van der Waals surface area contributed by atoms with E-state index in [4.69, 9.17) is 0 Å². The van der Waals surface area contributed by atoms with Gasteiger partial charge in [-0.2, -0.15) is 0 Å². The van der Waals surface area contributed by atoms with Crippen molar-refractivity contribution in [2.45, 2.75) is 37.3 Å². The van der Waals surface area contributed by atoms with Gasteiger partial charge in [-0.15, -0.1) is 0 Å². The highest BCUT2D eigenvalue weighted by Gasteiger charge is 2.21. The van der Waals surface area contributed by atoms with E-state index in [9.17, 15) is 8.42 Å². The van der Waals surface area contributed by atoms with Crippen molar-refractivity contribution >= 4 is 10.0 Å². The number of rotatable bonds is 4. The molecule has 0 amide bonds. The Labute approximate surface area is 119 Å². The molecule has 3 heterocycles. The van der Waals surface area contributed by atoms with Crippen LogP contribution in [0.5, 0.6) is 0 Å². The molecule has 1 aromatic rings. The molecule has 110 valence electrons. The number of imidazole rings is 1. The molecule has 0 fully saturated rings. The van der Waals surface area contributed by atoms with E-state index in [1.54, 1.807) is 6.20 Å². The average molecular weight is 296 g/mol. The van der Waals surface area contributed by atoms with Crippen molar-refractivity contribution in [3.05, 3.63) is 23.7 Å². The van der Waals surface area contributed by atoms with Crippen molar-refractivity contribution in [2.24, 2.45) is 0 Å². The molecule has 1 aromatic heterocycles. The van der Waals surface area contributed by atoms with Gasteiger partial charge in [-0.1, -0.05) is 11.6 Å². The van der Waals surface area contributed by atoms with Crippen LogP contribution in [0.1, 0.15) is 25.1 Å². The Kier molecular flexibility index (Phi) is 3.91. The van der Waals surface area contributed by atoms with Crippen LogP contribution in [-0.4, -0.2) is 37.6 Å². The van der Waals surface area contributed by atoms with Gasteiger partial charge >= 0.3 is 0 Å². The summed E-state index contributed by atoms with van der Waals surface area (Å²) in [5.74, 6) is 0.887. The Hall–Kier alpha value is -1.18. The molecule has 0 unspecified atom stereocenters. The van der Waals surface area contributed by atoms with Crippen molar-refractivity contribution in [1.29, 1.82) is 0 Å². The number of fused-ring (bicyclic) bond motifs is 1. The molecule has 2 N–H and O–H groups in total. The van der Waals surface area contributed by atoms with Crippen LogP contribution in [-0.2, 0) is 23.0 Å². The predicted octanol–water partition coefficient (Wildman–Crippen LogP) is 0.417. The molecule has 0 radical (unpaired) electrons. The highest BCUT2D eigenvalue weighted by molar-refractivity contribution is 7.89. The highest BCUT2D eigenvalue weighted by Crippen LogP contribution is 2.17. The molecule has 6 nitrogen and oxygen atoms in total. The molecule has 0 aromatic carbocycles. The van der Waals surface area contributed by atoms with Crippen LogP contribution < -0.4 is 10.0 Å². The Bertz CT molecular complexity index is 595. The third-order valence-corrected chi connectivity index (χ3v) is 5.08. The maximum atomic E-state index is 12.3. The lowest BCUT2D eigenvalue weighted by molar-refractivity contribution is 0.522. The van der Waals surface area contributed by atoms with Crippen LogP contribution in [0.2, 0.25) is 0 Å². The van der Waals surface area contributed by atoms with Gasteiger partial charge < -0.3 is 9.88 Å². The standard InChI is InChI=1S/C13H20N4O2S/c18-20(19,15-9-11-4-6-14-7-5-11)13-10-17-8-2-1-3-12(17)16-13/h4,10,14-15H,1-3,5-9H2. The second-order valence-electron chi connectivity index (χ2n) is 5.29. The van der Waals surface area contributed by atoms with Gasteiger partial charge in [-0.05, 0) is 25.8 Å². The van der Waals surface area contributed by atoms with Gasteiger partial charge in [0.15, 0.2) is 5.03 Å². The van der Waals surface area contributed by atoms with Crippen molar-refractivity contribution in [1.82, 2.24) is 19.6 Å². The third kappa shape index (κ3) is 2.94. The number of aryl methyl sites for hydroxylation is 2. The number of aromatic nitrogens is 2. The SMILES string of the molecule is O=S(=O)(NCC1=CCNCC1)c1cn2c(n1)CCCC2. The lowest BCUT2D eigenvalue weighted by Gasteiger charge is -2.14. The minimum atomic E-state index is -3.50. The Balaban J connectivity index is 1.71. The average Bonchev–Trinajstić information content (AvgIpc) is 2.91. The van der Waals surface area contributed by atoms with Crippen LogP contribution >= 0.6 is 0 Å². The van der Waals surface area contributed by atoms with E-state index < -0.39 is 10.0 Å². The maximum Gasteiger partial charge on any atom is 0.259 e. The summed E-state index contributed by atoms with van der Waals surface area (Å²) >= 11 is 0. The van der Waals surface area contributed by atoms with Crippen LogP contribution in [0, 0.1) is 0 Å². The first kappa shape index (κ1) is 13.8. The van der Waals surface area contributed by atoms with E-state index in [1.807, 2.05) is 10.6 Å². The smallest absolute Gasteiger partial charge is 0.259 e. The van der Waals surface area contributed by atoms with Crippen LogP contribution in [0.4, 0.5) is 0 Å². The fourth-order valence-electron chi connectivity index (χ4n) is 2.61. The van der Waals surface area contributed by atoms with Crippen molar-refractivity contribution in [3.8, 4) is 0 Å². The van der Waals surface area contributed by atoms with E-state index in [1.165, 1.54) is 0 Å². The van der Waals surface area contributed by atoms with E-state index in [0.29, 0.717) is 6.54 Å². The molecule has 0 spiro atoms. The largest absolute Gasteiger partial charge is 0.333 e. The fourth-order valence-corrected chi connectivity index (χ4v) is 3.62. The Morgan fingerprint density at radius 3 is 3.00 bits per heavy atom. The summed E-state index contributed by atoms with van der Waals surface area (Å²) in [4.78, 5) is 4.27. The van der Waals surface area contributed by atoms with Crippen LogP contribution in [0.25, 0.3) is 0 Å². The molecule has 2 aliphatic heterocycles. The topological polar surface area (TPSA) is 76.0 Å². The van der Waals surface area contributed by atoms with Gasteiger partial charge in [0.1, 0.15) is 5.82 Å². The maximum absolute atomic E-state index is 12.3. The quantitative estimate of drug-likeness (QED) is 0.790. The molecule has 7 heteroatoms. The molecule has 20 heavy (non-hydrogen) atoms. The summed E-state index contributed by atoms with van der Waals surface area (Å²) in [5, 5.41) is 3.36. The van der Waals surface area contributed by atoms with E-state index >= 15 is 0 Å². The summed E-state index contributed by atoms with van der Waals surface area (Å²) < 4.78 is 29.1. The van der Waals surface area contributed by atoms with Gasteiger partial charge in [0.05, 0.1) is 0 Å². The number of nitrogens with one attached hydrogen (secondary N) is 2. The zero-order valence-electron chi connectivity index (χ0n) is 11.4. The van der Waals surface area contributed by atoms with Gasteiger partial charge in [0, 0.05) is 32.3 Å². The summed E-state index contributed by atoms with van der Waals surface area (Å²) in [5.41, 5.74) is 1.14. The number of nitrogens with zero attached hydrogens (tertiary/aromatic N) is 2. The van der Waals surface area contributed by atoms with Gasteiger partial charge in [-0.25, -0.2) is 18.1 Å². The normalized spacial score (nSPS) is 19.5. The predicted molar refractivity (Wildman–Crippen MR) is 75.9 cm³/mol. The van der Waals surface area contributed by atoms with Gasteiger partial charge in [0.2, 0.25) is 0 Å². The van der Waals surface area contributed by atoms with Gasteiger partial charge in [-0.3, -0.25) is 0 Å². The van der Waals surface area contributed by atoms with Crippen LogP contribution in [0.15, 0.2) is 22.9 Å². The first-order valence-corrected chi connectivity index (χ1v) is 8.58. The molecule has 0 saturated carbocycles.